The summed E-state index contributed by atoms with van der Waals surface area (Å²) in [6, 6.07) is 1.05. The molecule has 1 rings (SSSR count). The molecule has 0 aliphatic carbocycles. The number of rotatable bonds is 3. The molecule has 0 saturated carbocycles. The summed E-state index contributed by atoms with van der Waals surface area (Å²) in [6.07, 6.45) is -0.688. The number of nitrogens with zero attached hydrogens (tertiary/aromatic N) is 1. The Balaban J connectivity index is 2.93. The Bertz CT molecular complexity index is 446. The van der Waals surface area contributed by atoms with Crippen LogP contribution >= 0.6 is 0 Å². The molecule has 7 heteroatoms. The van der Waals surface area contributed by atoms with Crippen molar-refractivity contribution in [1.29, 1.82) is 0 Å². The normalized spacial score (nSPS) is 12.4. The highest BCUT2D eigenvalue weighted by atomic mass is 16.4. The summed E-state index contributed by atoms with van der Waals surface area (Å²) >= 11 is 0. The minimum atomic E-state index is -1.78. The topological polar surface area (TPSA) is 115 Å². The molecule has 0 aliphatic heterocycles. The fourth-order valence-electron chi connectivity index (χ4n) is 0.849. The zero-order chi connectivity index (χ0) is 10.7. The van der Waals surface area contributed by atoms with Crippen molar-refractivity contribution < 1.29 is 15.0 Å². The van der Waals surface area contributed by atoms with Crippen molar-refractivity contribution >= 4 is 5.97 Å². The molecule has 1 atom stereocenters. The van der Waals surface area contributed by atoms with E-state index in [-0.39, 0.29) is 0 Å². The lowest BCUT2D eigenvalue weighted by Crippen LogP contribution is -2.41. The van der Waals surface area contributed by atoms with Crippen LogP contribution in [0.1, 0.15) is 0 Å². The average Bonchev–Trinajstić information content (AvgIpc) is 2.09. The van der Waals surface area contributed by atoms with E-state index in [2.05, 4.69) is 0 Å². The number of hydrogen-bond donors (Lipinski definition) is 2. The van der Waals surface area contributed by atoms with Crippen LogP contribution in [0.15, 0.2) is 21.9 Å². The molecule has 0 fully saturated rings. The second kappa shape index (κ2) is 3.88. The predicted molar refractivity (Wildman–Crippen MR) is 42.3 cm³/mol. The van der Waals surface area contributed by atoms with Crippen LogP contribution in [0.2, 0.25) is 0 Å². The van der Waals surface area contributed by atoms with Crippen LogP contribution in [-0.4, -0.2) is 26.7 Å². The molecule has 1 heterocycles. The van der Waals surface area contributed by atoms with Gasteiger partial charge in [0.25, 0.3) is 5.56 Å². The maximum Gasteiger partial charge on any atom is 0.328 e. The number of aliphatic hydroxyl groups excluding tert-OH is 1. The average molecular weight is 199 g/mol. The van der Waals surface area contributed by atoms with Crippen LogP contribution in [0.3, 0.4) is 0 Å². The minimum Gasteiger partial charge on any atom is -0.547 e. The van der Waals surface area contributed by atoms with Gasteiger partial charge in [-0.3, -0.25) is 14.3 Å². The quantitative estimate of drug-likeness (QED) is 0.527. The molecule has 0 aliphatic rings. The van der Waals surface area contributed by atoms with Crippen LogP contribution in [0, 0.1) is 0 Å². The fraction of sp³-hybridized carbons (Fsp3) is 0.286. The summed E-state index contributed by atoms with van der Waals surface area (Å²) in [5, 5.41) is 19.0. The first-order chi connectivity index (χ1) is 6.50. The number of carboxylic acid groups (broad SMARTS) is 1. The number of aliphatic carboxylic acids is 1. The molecule has 0 saturated heterocycles. The Hall–Kier alpha value is -1.89. The molecule has 76 valence electrons. The summed E-state index contributed by atoms with van der Waals surface area (Å²) in [7, 11) is 0. The molecule has 0 aromatic carbocycles. The molecule has 0 amide bonds. The lowest BCUT2D eigenvalue weighted by atomic mass is 10.3. The number of carbonyl (C=O) groups excluding carboxylic acids is 1. The molecule has 1 aromatic heterocycles. The van der Waals surface area contributed by atoms with Gasteiger partial charge in [0.2, 0.25) is 0 Å². The largest absolute Gasteiger partial charge is 0.547 e. The number of hydrogen-bond acceptors (Lipinski definition) is 5. The SMILES string of the molecule is O=C([O-])[C@H](O)Cn1ccc(=O)[nH]c1=O. The van der Waals surface area contributed by atoms with Gasteiger partial charge in [-0.1, -0.05) is 0 Å². The van der Waals surface area contributed by atoms with Crippen molar-refractivity contribution in [3.8, 4) is 0 Å². The van der Waals surface area contributed by atoms with E-state index in [1.165, 1.54) is 0 Å². The zero-order valence-corrected chi connectivity index (χ0v) is 6.97. The van der Waals surface area contributed by atoms with Gasteiger partial charge in [-0.25, -0.2) is 4.79 Å². The standard InChI is InChI=1S/C7H8N2O5/c10-4(6(12)13)3-9-2-1-5(11)8-7(9)14/h1-2,4,10H,3H2,(H,12,13)(H,8,11,14)/p-1/t4-/m1/s1. The van der Waals surface area contributed by atoms with Gasteiger partial charge in [0.05, 0.1) is 12.5 Å². The minimum absolute atomic E-state index is 0.460. The van der Waals surface area contributed by atoms with E-state index >= 15 is 0 Å². The van der Waals surface area contributed by atoms with E-state index in [0.717, 1.165) is 16.8 Å². The Morgan fingerprint density at radius 3 is 2.79 bits per heavy atom. The Morgan fingerprint density at radius 1 is 1.64 bits per heavy atom. The van der Waals surface area contributed by atoms with Crippen molar-refractivity contribution in [3.05, 3.63) is 33.1 Å². The van der Waals surface area contributed by atoms with E-state index in [1.807, 2.05) is 4.98 Å². The predicted octanol–water partition coefficient (Wildman–Crippen LogP) is -3.35. The van der Waals surface area contributed by atoms with Gasteiger partial charge in [0.15, 0.2) is 0 Å². The van der Waals surface area contributed by atoms with Gasteiger partial charge in [-0.15, -0.1) is 0 Å². The Labute approximate surface area is 77.2 Å². The molecule has 14 heavy (non-hydrogen) atoms. The van der Waals surface area contributed by atoms with Crippen molar-refractivity contribution in [2.75, 3.05) is 0 Å². The number of aliphatic hydroxyl groups is 1. The van der Waals surface area contributed by atoms with E-state index in [9.17, 15) is 19.5 Å². The van der Waals surface area contributed by atoms with Crippen LogP contribution in [0.25, 0.3) is 0 Å². The third-order valence-corrected chi connectivity index (χ3v) is 1.54. The Morgan fingerprint density at radius 2 is 2.29 bits per heavy atom. The first-order valence-electron chi connectivity index (χ1n) is 3.69. The lowest BCUT2D eigenvalue weighted by Gasteiger charge is -2.12. The molecule has 7 nitrogen and oxygen atoms in total. The van der Waals surface area contributed by atoms with Crippen molar-refractivity contribution in [2.45, 2.75) is 12.6 Å². The highest BCUT2D eigenvalue weighted by Crippen LogP contribution is 1.85. The monoisotopic (exact) mass is 199 g/mol. The number of nitrogens with one attached hydrogen (secondary N) is 1. The summed E-state index contributed by atoms with van der Waals surface area (Å²) < 4.78 is 0.863. The molecule has 2 N–H and O–H groups in total. The van der Waals surface area contributed by atoms with Gasteiger partial charge >= 0.3 is 5.69 Å². The third-order valence-electron chi connectivity index (χ3n) is 1.54. The van der Waals surface area contributed by atoms with Crippen molar-refractivity contribution in [3.63, 3.8) is 0 Å². The first-order valence-corrected chi connectivity index (χ1v) is 3.69. The van der Waals surface area contributed by atoms with Gasteiger partial charge in [-0.2, -0.15) is 0 Å². The van der Waals surface area contributed by atoms with Crippen LogP contribution < -0.4 is 16.4 Å². The number of aromatic amines is 1. The molecular weight excluding hydrogens is 192 g/mol. The van der Waals surface area contributed by atoms with Crippen molar-refractivity contribution in [1.82, 2.24) is 9.55 Å². The maximum atomic E-state index is 11.0. The summed E-state index contributed by atoms with van der Waals surface area (Å²) in [6.45, 7) is -0.460. The molecule has 0 unspecified atom stereocenters. The summed E-state index contributed by atoms with van der Waals surface area (Å²) in [5.74, 6) is -1.68. The molecule has 1 aromatic rings. The van der Waals surface area contributed by atoms with E-state index in [4.69, 9.17) is 5.11 Å². The number of aromatic nitrogens is 2. The molecule has 0 spiro atoms. The van der Waals surface area contributed by atoms with Crippen LogP contribution in [-0.2, 0) is 11.3 Å². The number of H-pyrrole nitrogens is 1. The van der Waals surface area contributed by atoms with Gasteiger partial charge in [0, 0.05) is 12.3 Å². The Kier molecular flexibility index (Phi) is 2.82. The third kappa shape index (κ3) is 2.30. The van der Waals surface area contributed by atoms with Crippen LogP contribution in [0.5, 0.6) is 0 Å². The highest BCUT2D eigenvalue weighted by molar-refractivity contribution is 5.69. The smallest absolute Gasteiger partial charge is 0.328 e. The fourth-order valence-corrected chi connectivity index (χ4v) is 0.849. The second-order valence-corrected chi connectivity index (χ2v) is 2.60. The number of carboxylic acids is 1. The van der Waals surface area contributed by atoms with E-state index in [1.54, 1.807) is 0 Å². The summed E-state index contributed by atoms with van der Waals surface area (Å²) in [4.78, 5) is 33.6. The number of carbonyl (C=O) groups is 1. The van der Waals surface area contributed by atoms with E-state index < -0.39 is 29.9 Å². The first kappa shape index (κ1) is 10.2. The van der Waals surface area contributed by atoms with Gasteiger partial charge in [0.1, 0.15) is 6.10 Å². The second-order valence-electron chi connectivity index (χ2n) is 2.60. The van der Waals surface area contributed by atoms with E-state index in [0.29, 0.717) is 0 Å². The highest BCUT2D eigenvalue weighted by Gasteiger charge is 2.06. The van der Waals surface area contributed by atoms with Gasteiger partial charge < -0.3 is 15.0 Å². The molecule has 0 bridgehead atoms. The van der Waals surface area contributed by atoms with Crippen molar-refractivity contribution in [2.24, 2.45) is 0 Å². The van der Waals surface area contributed by atoms with Gasteiger partial charge in [-0.05, 0) is 0 Å². The molecular formula is C7H7N2O5-. The molecule has 0 radical (unpaired) electrons. The summed E-state index contributed by atoms with van der Waals surface area (Å²) in [5.41, 5.74) is -1.37. The zero-order valence-electron chi connectivity index (χ0n) is 6.97. The van der Waals surface area contributed by atoms with Crippen LogP contribution in [0.4, 0.5) is 0 Å². The lowest BCUT2D eigenvalue weighted by molar-refractivity contribution is -0.315. The maximum absolute atomic E-state index is 11.0.